The molecule has 0 aromatic heterocycles. The van der Waals surface area contributed by atoms with Crippen LogP contribution in [0.3, 0.4) is 0 Å². The number of amides is 2. The quantitative estimate of drug-likeness (QED) is 0.184. The fourth-order valence-electron chi connectivity index (χ4n) is 7.44. The summed E-state index contributed by atoms with van der Waals surface area (Å²) in [4.78, 5) is 28.6. The molecule has 4 atom stereocenters. The summed E-state index contributed by atoms with van der Waals surface area (Å²) in [6, 6.07) is 22.8. The molecule has 7 rings (SSSR count). The first-order chi connectivity index (χ1) is 25.4. The molecule has 0 spiro atoms. The lowest BCUT2D eigenvalue weighted by molar-refractivity contribution is -0.144. The Morgan fingerprint density at radius 3 is 1.35 bits per heavy atom. The Bertz CT molecular complexity index is 1810. The van der Waals surface area contributed by atoms with Gasteiger partial charge in [-0.25, -0.2) is 0 Å². The molecule has 1 saturated carbocycles. The van der Waals surface area contributed by atoms with Gasteiger partial charge in [-0.15, -0.1) is 0 Å². The second-order valence-electron chi connectivity index (χ2n) is 12.8. The number of hydrogen-bond acceptors (Lipinski definition) is 10. The van der Waals surface area contributed by atoms with Gasteiger partial charge in [0, 0.05) is 24.9 Å². The van der Waals surface area contributed by atoms with Crippen molar-refractivity contribution in [2.75, 3.05) is 55.1 Å². The molecular weight excluding hydrogens is 668 g/mol. The highest BCUT2D eigenvalue weighted by atomic mass is 16.7. The lowest BCUT2D eigenvalue weighted by atomic mass is 9.51. The van der Waals surface area contributed by atoms with Crippen LogP contribution in [0.5, 0.6) is 46.0 Å². The maximum absolute atomic E-state index is 14.3. The lowest BCUT2D eigenvalue weighted by Gasteiger charge is -2.50. The molecule has 4 aromatic rings. The molecule has 2 amide bonds. The maximum Gasteiger partial charge on any atom is 0.231 e. The van der Waals surface area contributed by atoms with Gasteiger partial charge in [-0.2, -0.15) is 0 Å². The summed E-state index contributed by atoms with van der Waals surface area (Å²) >= 11 is 0. The van der Waals surface area contributed by atoms with E-state index in [0.717, 1.165) is 22.3 Å². The number of nitrogens with one attached hydrogen (secondary N) is 2. The van der Waals surface area contributed by atoms with Crippen LogP contribution >= 0.6 is 0 Å². The Morgan fingerprint density at radius 2 is 0.942 bits per heavy atom. The maximum atomic E-state index is 14.3. The van der Waals surface area contributed by atoms with E-state index in [9.17, 15) is 9.59 Å². The Hall–Kier alpha value is -5.78. The normalized spacial score (nSPS) is 19.3. The van der Waals surface area contributed by atoms with Crippen molar-refractivity contribution in [2.45, 2.75) is 24.7 Å². The van der Waals surface area contributed by atoms with Crippen LogP contribution in [0.2, 0.25) is 0 Å². The molecule has 2 N–H and O–H groups in total. The van der Waals surface area contributed by atoms with Gasteiger partial charge >= 0.3 is 0 Å². The molecule has 52 heavy (non-hydrogen) atoms. The van der Waals surface area contributed by atoms with Gasteiger partial charge in [-0.3, -0.25) is 9.59 Å². The molecule has 2 heterocycles. The van der Waals surface area contributed by atoms with Crippen LogP contribution in [-0.2, 0) is 22.4 Å². The average molecular weight is 711 g/mol. The van der Waals surface area contributed by atoms with Crippen LogP contribution in [0, 0.1) is 11.8 Å². The van der Waals surface area contributed by atoms with E-state index in [1.807, 2.05) is 72.8 Å². The van der Waals surface area contributed by atoms with Crippen molar-refractivity contribution in [3.05, 3.63) is 95.1 Å². The number of carbonyl (C=O) groups excluding carboxylic acids is 2. The minimum absolute atomic E-state index is 0.125. The second-order valence-corrected chi connectivity index (χ2v) is 12.8. The van der Waals surface area contributed by atoms with Crippen molar-refractivity contribution < 1.29 is 47.5 Å². The molecule has 0 unspecified atom stereocenters. The summed E-state index contributed by atoms with van der Waals surface area (Å²) in [5.41, 5.74) is 3.70. The van der Waals surface area contributed by atoms with E-state index >= 15 is 0 Å². The van der Waals surface area contributed by atoms with Gasteiger partial charge in [0.25, 0.3) is 0 Å². The van der Waals surface area contributed by atoms with Gasteiger partial charge in [0.15, 0.2) is 46.0 Å². The number of ether oxygens (including phenoxy) is 8. The number of benzene rings is 4. The SMILES string of the molecule is COc1ccc(CCNC(=O)[C@@H]2[C@H](C(=O)NCCc3ccc(OC)c(OC)c3)[C@@H](c3ccc4c(c3)OCO4)[C@H]2c2ccc3c(c2)OCO3)cc1OC. The third kappa shape index (κ3) is 6.80. The van der Waals surface area contributed by atoms with E-state index in [4.69, 9.17) is 37.9 Å². The van der Waals surface area contributed by atoms with Crippen molar-refractivity contribution in [1.82, 2.24) is 10.6 Å². The van der Waals surface area contributed by atoms with Crippen molar-refractivity contribution >= 4 is 11.8 Å². The fraction of sp³-hybridized carbons (Fsp3) is 0.350. The first kappa shape index (κ1) is 34.7. The smallest absolute Gasteiger partial charge is 0.231 e. The Balaban J connectivity index is 1.16. The summed E-state index contributed by atoms with van der Waals surface area (Å²) < 4.78 is 44.3. The van der Waals surface area contributed by atoms with E-state index in [2.05, 4.69) is 10.6 Å². The summed E-state index contributed by atoms with van der Waals surface area (Å²) in [5, 5.41) is 6.28. The zero-order chi connectivity index (χ0) is 36.2. The average Bonchev–Trinajstić information content (AvgIpc) is 3.83. The third-order valence-corrected chi connectivity index (χ3v) is 10.0. The van der Waals surface area contributed by atoms with E-state index in [-0.39, 0.29) is 37.2 Å². The van der Waals surface area contributed by atoms with E-state index in [0.29, 0.717) is 71.9 Å². The van der Waals surface area contributed by atoms with Crippen LogP contribution in [0.4, 0.5) is 0 Å². The van der Waals surface area contributed by atoms with Crippen molar-refractivity contribution in [3.8, 4) is 46.0 Å². The van der Waals surface area contributed by atoms with E-state index in [1.54, 1.807) is 28.4 Å². The number of fused-ring (bicyclic) bond motifs is 2. The first-order valence-electron chi connectivity index (χ1n) is 17.2. The predicted molar refractivity (Wildman–Crippen MR) is 190 cm³/mol. The molecule has 272 valence electrons. The minimum Gasteiger partial charge on any atom is -0.493 e. The predicted octanol–water partition coefficient (Wildman–Crippen LogP) is 5.01. The molecule has 0 radical (unpaired) electrons. The van der Waals surface area contributed by atoms with Gasteiger partial charge in [-0.1, -0.05) is 24.3 Å². The molecule has 2 aliphatic heterocycles. The van der Waals surface area contributed by atoms with Crippen LogP contribution in [0.1, 0.15) is 34.1 Å². The van der Waals surface area contributed by atoms with Crippen LogP contribution < -0.4 is 48.5 Å². The van der Waals surface area contributed by atoms with Crippen molar-refractivity contribution in [1.29, 1.82) is 0 Å². The van der Waals surface area contributed by atoms with Gasteiger partial charge in [0.1, 0.15) is 0 Å². The zero-order valence-corrected chi connectivity index (χ0v) is 29.6. The van der Waals surface area contributed by atoms with Gasteiger partial charge in [0.2, 0.25) is 25.4 Å². The van der Waals surface area contributed by atoms with Gasteiger partial charge in [-0.05, 0) is 83.6 Å². The Morgan fingerprint density at radius 1 is 0.538 bits per heavy atom. The monoisotopic (exact) mass is 710 g/mol. The third-order valence-electron chi connectivity index (χ3n) is 10.0. The Labute approximate surface area is 302 Å². The molecular formula is C40H42N2O10. The summed E-state index contributed by atoms with van der Waals surface area (Å²) in [5.74, 6) is 2.52. The highest BCUT2D eigenvalue weighted by Gasteiger charge is 2.58. The molecule has 12 nitrogen and oxygen atoms in total. The summed E-state index contributed by atoms with van der Waals surface area (Å²) in [6.45, 7) is 0.975. The highest BCUT2D eigenvalue weighted by molar-refractivity contribution is 5.92. The van der Waals surface area contributed by atoms with Crippen LogP contribution in [-0.4, -0.2) is 66.9 Å². The number of rotatable bonds is 14. The topological polar surface area (TPSA) is 132 Å². The number of methoxy groups -OCH3 is 4. The molecule has 1 fully saturated rings. The zero-order valence-electron chi connectivity index (χ0n) is 29.6. The Kier molecular flexibility index (Phi) is 10.1. The summed E-state index contributed by atoms with van der Waals surface area (Å²) in [7, 11) is 6.36. The molecule has 12 heteroatoms. The number of carbonyl (C=O) groups is 2. The van der Waals surface area contributed by atoms with E-state index in [1.165, 1.54) is 0 Å². The van der Waals surface area contributed by atoms with Gasteiger partial charge in [0.05, 0.1) is 40.3 Å². The van der Waals surface area contributed by atoms with Crippen LogP contribution in [0.25, 0.3) is 0 Å². The fourth-order valence-corrected chi connectivity index (χ4v) is 7.44. The van der Waals surface area contributed by atoms with Crippen LogP contribution in [0.15, 0.2) is 72.8 Å². The van der Waals surface area contributed by atoms with Crippen molar-refractivity contribution in [3.63, 3.8) is 0 Å². The molecule has 1 aliphatic carbocycles. The second kappa shape index (κ2) is 15.2. The molecule has 0 saturated heterocycles. The highest BCUT2D eigenvalue weighted by Crippen LogP contribution is 2.59. The standard InChI is InChI=1S/C40H42N2O10/c1-45-27-9-5-23(17-31(27)47-3)13-15-41-39(43)37-35(25-7-11-29-33(19-25)51-21-49-29)36(26-8-12-30-34(20-26)52-22-50-30)38(37)40(44)42-16-14-24-6-10-28(46-2)32(18-24)48-4/h5-12,17-20,35-38H,13-16,21-22H2,1-4H3,(H,41,43)(H,42,44)/t35-,36+,37+,38-. The first-order valence-corrected chi connectivity index (χ1v) is 17.2. The largest absolute Gasteiger partial charge is 0.493 e. The van der Waals surface area contributed by atoms with E-state index < -0.39 is 11.8 Å². The number of hydrogen-bond donors (Lipinski definition) is 2. The lowest BCUT2D eigenvalue weighted by Crippen LogP contribution is -2.57. The van der Waals surface area contributed by atoms with Gasteiger partial charge < -0.3 is 48.5 Å². The molecule has 0 bridgehead atoms. The minimum atomic E-state index is -0.678. The molecule has 4 aromatic carbocycles. The molecule has 3 aliphatic rings. The summed E-state index contributed by atoms with van der Waals surface area (Å²) in [6.07, 6.45) is 1.11. The van der Waals surface area contributed by atoms with Crippen molar-refractivity contribution in [2.24, 2.45) is 11.8 Å².